The van der Waals surface area contributed by atoms with Gasteiger partial charge in [0, 0.05) is 19.3 Å². The third-order valence-corrected chi connectivity index (χ3v) is 2.86. The van der Waals surface area contributed by atoms with Crippen LogP contribution in [0.15, 0.2) is 24.3 Å². The summed E-state index contributed by atoms with van der Waals surface area (Å²) in [4.78, 5) is 13.0. The van der Waals surface area contributed by atoms with Gasteiger partial charge in [0.15, 0.2) is 0 Å². The maximum Gasteiger partial charge on any atom is 0.308 e. The van der Waals surface area contributed by atoms with Crippen LogP contribution in [0, 0.1) is 12.8 Å². The molecule has 0 saturated heterocycles. The van der Waals surface area contributed by atoms with Gasteiger partial charge in [-0.25, -0.2) is 0 Å². The van der Waals surface area contributed by atoms with Crippen LogP contribution in [0.25, 0.3) is 0 Å². The number of nitrogens with zero attached hydrogens (tertiary/aromatic N) is 1. The Morgan fingerprint density at radius 2 is 2.06 bits per heavy atom. The third kappa shape index (κ3) is 2.99. The van der Waals surface area contributed by atoms with Crippen molar-refractivity contribution in [1.29, 1.82) is 0 Å². The van der Waals surface area contributed by atoms with Crippen molar-refractivity contribution < 1.29 is 9.90 Å². The molecule has 0 aliphatic carbocycles. The van der Waals surface area contributed by atoms with Crippen LogP contribution >= 0.6 is 0 Å². The Labute approximate surface area is 96.7 Å². The lowest BCUT2D eigenvalue weighted by Crippen LogP contribution is -2.30. The van der Waals surface area contributed by atoms with Crippen LogP contribution in [0.1, 0.15) is 18.9 Å². The molecule has 1 unspecified atom stereocenters. The number of carboxylic acid groups (broad SMARTS) is 1. The SMILES string of the molecule is CCC(CN(C)c1ccccc1C)C(=O)O. The van der Waals surface area contributed by atoms with Crippen molar-refractivity contribution in [2.24, 2.45) is 5.92 Å². The van der Waals surface area contributed by atoms with Crippen molar-refractivity contribution in [3.8, 4) is 0 Å². The zero-order valence-electron chi connectivity index (χ0n) is 10.1. The zero-order chi connectivity index (χ0) is 12.1. The van der Waals surface area contributed by atoms with Crippen LogP contribution in [-0.4, -0.2) is 24.7 Å². The molecule has 1 aromatic rings. The van der Waals surface area contributed by atoms with Crippen molar-refractivity contribution in [3.63, 3.8) is 0 Å². The summed E-state index contributed by atoms with van der Waals surface area (Å²) in [6.45, 7) is 4.49. The first kappa shape index (κ1) is 12.6. The lowest BCUT2D eigenvalue weighted by atomic mass is 10.1. The van der Waals surface area contributed by atoms with Gasteiger partial charge in [-0.3, -0.25) is 4.79 Å². The molecule has 3 nitrogen and oxygen atoms in total. The van der Waals surface area contributed by atoms with Crippen molar-refractivity contribution in [1.82, 2.24) is 0 Å². The topological polar surface area (TPSA) is 40.5 Å². The minimum atomic E-state index is -0.720. The van der Waals surface area contributed by atoms with Gasteiger partial charge >= 0.3 is 5.97 Å². The molecule has 1 N–H and O–H groups in total. The van der Waals surface area contributed by atoms with E-state index in [9.17, 15) is 4.79 Å². The number of carboxylic acids is 1. The molecule has 0 aromatic heterocycles. The van der Waals surface area contributed by atoms with Gasteiger partial charge in [-0.2, -0.15) is 0 Å². The molecule has 1 atom stereocenters. The summed E-state index contributed by atoms with van der Waals surface area (Å²) in [6, 6.07) is 8.01. The average Bonchev–Trinajstić information content (AvgIpc) is 2.25. The van der Waals surface area contributed by atoms with E-state index in [0.717, 1.165) is 5.69 Å². The van der Waals surface area contributed by atoms with Gasteiger partial charge < -0.3 is 10.0 Å². The molecule has 16 heavy (non-hydrogen) atoms. The van der Waals surface area contributed by atoms with E-state index >= 15 is 0 Å². The van der Waals surface area contributed by atoms with Crippen LogP contribution in [0.4, 0.5) is 5.69 Å². The Balaban J connectivity index is 2.75. The van der Waals surface area contributed by atoms with Crippen LogP contribution in [-0.2, 0) is 4.79 Å². The summed E-state index contributed by atoms with van der Waals surface area (Å²) in [5.74, 6) is -1.02. The van der Waals surface area contributed by atoms with Crippen molar-refractivity contribution in [3.05, 3.63) is 29.8 Å². The molecule has 1 aromatic carbocycles. The predicted octanol–water partition coefficient (Wildman–Crippen LogP) is 2.54. The fraction of sp³-hybridized carbons (Fsp3) is 0.462. The molecule has 0 fully saturated rings. The van der Waals surface area contributed by atoms with E-state index in [2.05, 4.69) is 0 Å². The molecule has 0 aliphatic heterocycles. The first-order valence-electron chi connectivity index (χ1n) is 5.55. The highest BCUT2D eigenvalue weighted by Gasteiger charge is 2.17. The minimum Gasteiger partial charge on any atom is -0.481 e. The highest BCUT2D eigenvalue weighted by molar-refractivity contribution is 5.71. The van der Waals surface area contributed by atoms with E-state index in [0.29, 0.717) is 13.0 Å². The summed E-state index contributed by atoms with van der Waals surface area (Å²) in [6.07, 6.45) is 0.658. The number of aryl methyl sites for hydroxylation is 1. The van der Waals surface area contributed by atoms with Gasteiger partial charge in [-0.1, -0.05) is 25.1 Å². The van der Waals surface area contributed by atoms with Gasteiger partial charge in [-0.05, 0) is 25.0 Å². The van der Waals surface area contributed by atoms with Gasteiger partial charge in [-0.15, -0.1) is 0 Å². The number of benzene rings is 1. The third-order valence-electron chi connectivity index (χ3n) is 2.86. The van der Waals surface area contributed by atoms with Crippen molar-refractivity contribution in [2.45, 2.75) is 20.3 Å². The number of anilines is 1. The molecular formula is C13H19NO2. The molecule has 88 valence electrons. The molecule has 0 aliphatic rings. The summed E-state index contributed by atoms with van der Waals surface area (Å²) >= 11 is 0. The number of aliphatic carboxylic acids is 1. The van der Waals surface area contributed by atoms with E-state index in [1.807, 2.05) is 50.1 Å². The van der Waals surface area contributed by atoms with E-state index < -0.39 is 5.97 Å². The second-order valence-electron chi connectivity index (χ2n) is 4.11. The van der Waals surface area contributed by atoms with E-state index in [4.69, 9.17) is 5.11 Å². The minimum absolute atomic E-state index is 0.301. The molecule has 0 spiro atoms. The molecule has 0 saturated carbocycles. The molecule has 1 rings (SSSR count). The number of hydrogen-bond acceptors (Lipinski definition) is 2. The molecule has 0 amide bonds. The summed E-state index contributed by atoms with van der Waals surface area (Å²) in [5, 5.41) is 9.01. The standard InChI is InChI=1S/C13H19NO2/c1-4-11(13(15)16)9-14(3)12-8-6-5-7-10(12)2/h5-8,11H,4,9H2,1-3H3,(H,15,16). The van der Waals surface area contributed by atoms with Gasteiger partial charge in [0.25, 0.3) is 0 Å². The monoisotopic (exact) mass is 221 g/mol. The molecule has 0 heterocycles. The molecule has 0 radical (unpaired) electrons. The Hall–Kier alpha value is -1.51. The Kier molecular flexibility index (Phi) is 4.35. The van der Waals surface area contributed by atoms with Crippen LogP contribution in [0.3, 0.4) is 0 Å². The summed E-state index contributed by atoms with van der Waals surface area (Å²) in [5.41, 5.74) is 2.27. The fourth-order valence-corrected chi connectivity index (χ4v) is 1.80. The molecule has 0 bridgehead atoms. The van der Waals surface area contributed by atoms with Crippen molar-refractivity contribution in [2.75, 3.05) is 18.5 Å². The first-order chi connectivity index (χ1) is 7.56. The summed E-state index contributed by atoms with van der Waals surface area (Å²) in [7, 11) is 1.94. The second-order valence-corrected chi connectivity index (χ2v) is 4.11. The Bertz CT molecular complexity index is 363. The number of para-hydroxylation sites is 1. The number of carbonyl (C=O) groups is 1. The fourth-order valence-electron chi connectivity index (χ4n) is 1.80. The van der Waals surface area contributed by atoms with Crippen LogP contribution in [0.5, 0.6) is 0 Å². The maximum atomic E-state index is 11.0. The Morgan fingerprint density at radius 3 is 2.56 bits per heavy atom. The lowest BCUT2D eigenvalue weighted by Gasteiger charge is -2.24. The van der Waals surface area contributed by atoms with Crippen LogP contribution < -0.4 is 4.90 Å². The van der Waals surface area contributed by atoms with Gasteiger partial charge in [0.05, 0.1) is 5.92 Å². The van der Waals surface area contributed by atoms with E-state index in [-0.39, 0.29) is 5.92 Å². The predicted molar refractivity (Wildman–Crippen MR) is 65.9 cm³/mol. The van der Waals surface area contributed by atoms with Gasteiger partial charge in [0.2, 0.25) is 0 Å². The largest absolute Gasteiger partial charge is 0.481 e. The molecular weight excluding hydrogens is 202 g/mol. The second kappa shape index (κ2) is 5.54. The molecule has 3 heteroatoms. The lowest BCUT2D eigenvalue weighted by molar-refractivity contribution is -0.141. The van der Waals surface area contributed by atoms with Gasteiger partial charge in [0.1, 0.15) is 0 Å². The van der Waals surface area contributed by atoms with Crippen molar-refractivity contribution >= 4 is 11.7 Å². The number of hydrogen-bond donors (Lipinski definition) is 1. The maximum absolute atomic E-state index is 11.0. The first-order valence-corrected chi connectivity index (χ1v) is 5.55. The van der Waals surface area contributed by atoms with E-state index in [1.54, 1.807) is 0 Å². The normalized spacial score (nSPS) is 12.2. The zero-order valence-corrected chi connectivity index (χ0v) is 10.1. The highest BCUT2D eigenvalue weighted by Crippen LogP contribution is 2.19. The number of rotatable bonds is 5. The Morgan fingerprint density at radius 1 is 1.44 bits per heavy atom. The van der Waals surface area contributed by atoms with Crippen LogP contribution in [0.2, 0.25) is 0 Å². The van der Waals surface area contributed by atoms with E-state index in [1.165, 1.54) is 5.56 Å². The quantitative estimate of drug-likeness (QED) is 0.830. The summed E-state index contributed by atoms with van der Waals surface area (Å²) < 4.78 is 0. The smallest absolute Gasteiger partial charge is 0.308 e. The highest BCUT2D eigenvalue weighted by atomic mass is 16.4. The average molecular weight is 221 g/mol.